The maximum absolute atomic E-state index is 14.9. The summed E-state index contributed by atoms with van der Waals surface area (Å²) < 4.78 is 13.5. The summed E-state index contributed by atoms with van der Waals surface area (Å²) >= 11 is 0. The van der Waals surface area contributed by atoms with Crippen LogP contribution in [0.15, 0.2) is 53.3 Å². The maximum atomic E-state index is 14.9. The third-order valence-electron chi connectivity index (χ3n) is 13.7. The van der Waals surface area contributed by atoms with Crippen molar-refractivity contribution in [2.75, 3.05) is 6.54 Å². The molecule has 1 saturated heterocycles. The summed E-state index contributed by atoms with van der Waals surface area (Å²) in [7, 11) is 0. The van der Waals surface area contributed by atoms with Gasteiger partial charge in [-0.15, -0.1) is 0 Å². The van der Waals surface area contributed by atoms with Crippen molar-refractivity contribution in [2.24, 2.45) is 46.2 Å². The van der Waals surface area contributed by atoms with E-state index in [1.807, 2.05) is 0 Å². The average molecular weight is 610 g/mol. The van der Waals surface area contributed by atoms with Crippen molar-refractivity contribution >= 4 is 11.9 Å². The Labute approximate surface area is 269 Å². The lowest BCUT2D eigenvalue weighted by Crippen LogP contribution is -2.77. The number of rotatable bonds is 8. The van der Waals surface area contributed by atoms with Crippen LogP contribution in [0.5, 0.6) is 0 Å². The van der Waals surface area contributed by atoms with Gasteiger partial charge in [0, 0.05) is 17.4 Å². The first-order chi connectivity index (χ1) is 22.0. The highest BCUT2D eigenvalue weighted by molar-refractivity contribution is 6.00. The monoisotopic (exact) mass is 609 g/mol. The molecule has 45 heavy (non-hydrogen) atoms. The Morgan fingerprint density at radius 2 is 1.93 bits per heavy atom. The van der Waals surface area contributed by atoms with E-state index in [1.165, 1.54) is 36.8 Å². The Hall–Kier alpha value is -2.66. The molecule has 1 spiro atoms. The van der Waals surface area contributed by atoms with Crippen LogP contribution in [0.25, 0.3) is 0 Å². The predicted octanol–water partition coefficient (Wildman–Crippen LogP) is 8.47. The largest absolute Gasteiger partial charge is 0.449 e. The van der Waals surface area contributed by atoms with Crippen molar-refractivity contribution < 1.29 is 19.1 Å². The molecule has 5 heteroatoms. The van der Waals surface area contributed by atoms with Gasteiger partial charge in [-0.3, -0.25) is 4.79 Å². The lowest BCUT2D eigenvalue weighted by Gasteiger charge is -2.71. The molecule has 5 nitrogen and oxygen atoms in total. The number of hydrogen-bond acceptors (Lipinski definition) is 5. The summed E-state index contributed by atoms with van der Waals surface area (Å²) in [5.41, 5.74) is 9.20. The minimum atomic E-state index is -0.884. The maximum Gasteiger partial charge on any atom is 0.339 e. The van der Waals surface area contributed by atoms with Gasteiger partial charge < -0.3 is 15.2 Å². The number of carbonyl (C=O) groups excluding carboxylic acids is 2. The Kier molecular flexibility index (Phi) is 7.24. The molecule has 0 radical (unpaired) electrons. The predicted molar refractivity (Wildman–Crippen MR) is 175 cm³/mol. The van der Waals surface area contributed by atoms with E-state index in [9.17, 15) is 9.59 Å². The Balaban J connectivity index is 1.33. The van der Waals surface area contributed by atoms with Gasteiger partial charge in [-0.05, 0) is 100 Å². The average Bonchev–Trinajstić information content (AvgIpc) is 3.74. The first-order valence-electron chi connectivity index (χ1n) is 18.3. The van der Waals surface area contributed by atoms with Gasteiger partial charge in [-0.2, -0.15) is 0 Å². The van der Waals surface area contributed by atoms with Crippen molar-refractivity contribution in [1.82, 2.24) is 0 Å². The van der Waals surface area contributed by atoms with E-state index in [0.717, 1.165) is 99.0 Å². The summed E-state index contributed by atoms with van der Waals surface area (Å²) in [5, 5.41) is 0. The zero-order valence-corrected chi connectivity index (χ0v) is 27.4. The molecule has 0 aromatic heterocycles. The lowest BCUT2D eigenvalue weighted by molar-refractivity contribution is -0.277. The number of fused-ring (bicyclic) bond motifs is 4. The molecule has 7 aliphatic rings. The molecule has 0 bridgehead atoms. The fraction of sp³-hybridized carbons (Fsp3) is 0.650. The van der Waals surface area contributed by atoms with Gasteiger partial charge in [0.15, 0.2) is 5.60 Å². The number of nitrogens with two attached hydrogens (primary N) is 1. The van der Waals surface area contributed by atoms with E-state index in [-0.39, 0.29) is 17.9 Å². The van der Waals surface area contributed by atoms with Crippen molar-refractivity contribution in [2.45, 2.75) is 116 Å². The van der Waals surface area contributed by atoms with Crippen molar-refractivity contribution in [3.05, 3.63) is 70.0 Å². The second-order valence-corrected chi connectivity index (χ2v) is 15.5. The second-order valence-electron chi connectivity index (χ2n) is 15.5. The third kappa shape index (κ3) is 3.71. The first-order valence-corrected chi connectivity index (χ1v) is 18.3. The van der Waals surface area contributed by atoms with Crippen LogP contribution in [-0.4, -0.2) is 18.5 Å². The van der Waals surface area contributed by atoms with Crippen LogP contribution in [0.1, 0.15) is 125 Å². The topological polar surface area (TPSA) is 78.6 Å². The van der Waals surface area contributed by atoms with Gasteiger partial charge in [0.2, 0.25) is 0 Å². The van der Waals surface area contributed by atoms with Crippen LogP contribution in [0, 0.1) is 40.4 Å². The number of benzene rings is 1. The van der Waals surface area contributed by atoms with Gasteiger partial charge in [-0.1, -0.05) is 87.4 Å². The molecular weight excluding hydrogens is 558 g/mol. The van der Waals surface area contributed by atoms with Gasteiger partial charge in [0.25, 0.3) is 0 Å². The van der Waals surface area contributed by atoms with Crippen LogP contribution >= 0.6 is 0 Å². The van der Waals surface area contributed by atoms with Gasteiger partial charge >= 0.3 is 11.9 Å². The molecule has 2 saturated carbocycles. The summed E-state index contributed by atoms with van der Waals surface area (Å²) in [6.45, 7) is 5.19. The number of ether oxygens (including phenoxy) is 2. The highest BCUT2D eigenvalue weighted by Crippen LogP contribution is 2.87. The number of cyclic esters (lactones) is 1. The molecule has 2 heterocycles. The van der Waals surface area contributed by atoms with Gasteiger partial charge in [-0.25, -0.2) is 4.79 Å². The van der Waals surface area contributed by atoms with E-state index >= 15 is 0 Å². The highest BCUT2D eigenvalue weighted by Gasteiger charge is 2.92. The fourth-order valence-electron chi connectivity index (χ4n) is 12.0. The van der Waals surface area contributed by atoms with Crippen LogP contribution in [0.3, 0.4) is 0 Å². The minimum absolute atomic E-state index is 0.0686. The van der Waals surface area contributed by atoms with Crippen LogP contribution in [-0.2, 0) is 26.3 Å². The molecule has 8 rings (SSSR count). The van der Waals surface area contributed by atoms with Gasteiger partial charge in [0.1, 0.15) is 11.2 Å². The number of carbonyl (C=O) groups is 2. The van der Waals surface area contributed by atoms with Crippen LogP contribution < -0.4 is 5.73 Å². The second kappa shape index (κ2) is 11.0. The van der Waals surface area contributed by atoms with E-state index < -0.39 is 16.4 Å². The molecule has 0 amide bonds. The molecule has 240 valence electrons. The number of aryl methyl sites for hydroxylation is 1. The highest BCUT2D eigenvalue weighted by atomic mass is 16.6. The summed E-state index contributed by atoms with van der Waals surface area (Å²) in [4.78, 5) is 29.0. The zero-order valence-electron chi connectivity index (χ0n) is 27.4. The number of hydrogen-bond donors (Lipinski definition) is 1. The SMILES string of the molecule is CCCC1C23C(=O)OC(=CCCC4CCCC4)C2(CCC2=C3CCC3C(C)CC=CC23)C12OC(=O)c1c(CCCN)cccc12. The third-order valence-corrected chi connectivity index (χ3v) is 13.7. The molecule has 7 atom stereocenters. The quantitative estimate of drug-likeness (QED) is 0.236. The standard InChI is InChI=1S/C40H51NO4/c1-3-10-33-39-31-21-20-28-25(2)11-6-17-29(28)30(31)22-23-38(39,34(44-37(39)43)19-7-14-26-12-4-5-13-26)40(33)32-18-8-15-27(16-9-24-41)35(32)36(42)45-40/h6,8,15,17-19,25-26,28-29,33H,3-5,7,9-14,16,20-24,41H2,1-2H3. The summed E-state index contributed by atoms with van der Waals surface area (Å²) in [6.07, 6.45) is 22.7. The molecule has 1 aromatic carbocycles. The molecule has 2 aliphatic heterocycles. The van der Waals surface area contributed by atoms with Gasteiger partial charge in [0.05, 0.1) is 11.0 Å². The molecular formula is C40H51NO4. The molecule has 1 aromatic rings. The minimum Gasteiger partial charge on any atom is -0.449 e. The van der Waals surface area contributed by atoms with Crippen LogP contribution in [0.2, 0.25) is 0 Å². The Morgan fingerprint density at radius 3 is 2.73 bits per heavy atom. The Bertz CT molecular complexity index is 1500. The number of esters is 2. The smallest absolute Gasteiger partial charge is 0.339 e. The first kappa shape index (κ1) is 29.7. The van der Waals surface area contributed by atoms with Crippen molar-refractivity contribution in [3.63, 3.8) is 0 Å². The molecule has 2 N–H and O–H groups in total. The molecule has 5 aliphatic carbocycles. The normalized spacial score (nSPS) is 38.9. The van der Waals surface area contributed by atoms with E-state index in [2.05, 4.69) is 50.3 Å². The lowest BCUT2D eigenvalue weighted by atomic mass is 9.28. The van der Waals surface area contributed by atoms with Crippen molar-refractivity contribution in [3.8, 4) is 0 Å². The van der Waals surface area contributed by atoms with Crippen molar-refractivity contribution in [1.29, 1.82) is 0 Å². The summed E-state index contributed by atoms with van der Waals surface area (Å²) in [5.74, 6) is 2.86. The fourth-order valence-corrected chi connectivity index (χ4v) is 12.0. The molecule has 3 fully saturated rings. The zero-order chi connectivity index (χ0) is 31.0. The van der Waals surface area contributed by atoms with E-state index in [0.29, 0.717) is 24.3 Å². The number of allylic oxidation sites excluding steroid dienone is 4. The molecule has 7 unspecified atom stereocenters. The van der Waals surface area contributed by atoms with Crippen LogP contribution in [0.4, 0.5) is 0 Å². The van der Waals surface area contributed by atoms with E-state index in [4.69, 9.17) is 15.2 Å². The summed E-state index contributed by atoms with van der Waals surface area (Å²) in [6, 6.07) is 6.31. The Morgan fingerprint density at radius 1 is 1.09 bits per heavy atom. The van der Waals surface area contributed by atoms with E-state index in [1.54, 1.807) is 0 Å².